The standard InChI is InChI=1S/C26H20F3N7O3S/c1-15-2-11-20(30)21(12-15)36-22(37)13-40-25(36)33-24(38)32-17-5-3-16(4-6-17)23-31-14-35(34-23)18-7-9-19(10-8-18)39-26(27,28)29/h2-12,14H,13,30H2,1H3,(H,32,38). The number of urea groups is 1. The first-order valence-electron chi connectivity index (χ1n) is 11.7. The molecule has 14 heteroatoms. The van der Waals surface area contributed by atoms with Crippen LogP contribution in [0.15, 0.2) is 78.0 Å². The predicted molar refractivity (Wildman–Crippen MR) is 145 cm³/mol. The largest absolute Gasteiger partial charge is 0.573 e. The molecule has 3 N–H and O–H groups in total. The van der Waals surface area contributed by atoms with Gasteiger partial charge in [-0.2, -0.15) is 4.99 Å². The minimum atomic E-state index is -4.77. The summed E-state index contributed by atoms with van der Waals surface area (Å²) >= 11 is 1.14. The smallest absolute Gasteiger partial charge is 0.406 e. The molecule has 0 unspecified atom stereocenters. The van der Waals surface area contributed by atoms with E-state index in [1.807, 2.05) is 13.0 Å². The van der Waals surface area contributed by atoms with Gasteiger partial charge in [0.2, 0.25) is 5.91 Å². The van der Waals surface area contributed by atoms with Crippen molar-refractivity contribution in [1.82, 2.24) is 14.8 Å². The van der Waals surface area contributed by atoms with Crippen LogP contribution in [0.4, 0.5) is 35.0 Å². The van der Waals surface area contributed by atoms with Gasteiger partial charge in [-0.15, -0.1) is 18.3 Å². The number of hydrogen-bond donors (Lipinski definition) is 2. The molecule has 2 heterocycles. The van der Waals surface area contributed by atoms with Crippen LogP contribution in [0, 0.1) is 6.92 Å². The molecule has 1 aliphatic heterocycles. The van der Waals surface area contributed by atoms with Crippen LogP contribution < -0.4 is 20.7 Å². The summed E-state index contributed by atoms with van der Waals surface area (Å²) in [5.74, 6) is -0.0690. The predicted octanol–water partition coefficient (Wildman–Crippen LogP) is 5.39. The molecule has 1 aliphatic rings. The number of nitrogens with zero attached hydrogens (tertiary/aromatic N) is 5. The van der Waals surface area contributed by atoms with Crippen molar-refractivity contribution in [1.29, 1.82) is 0 Å². The van der Waals surface area contributed by atoms with Gasteiger partial charge in [-0.25, -0.2) is 14.5 Å². The molecule has 0 bridgehead atoms. The Hall–Kier alpha value is -4.85. The van der Waals surface area contributed by atoms with Crippen molar-refractivity contribution in [3.05, 3.63) is 78.6 Å². The van der Waals surface area contributed by atoms with Gasteiger partial charge in [0.15, 0.2) is 11.0 Å². The summed E-state index contributed by atoms with van der Waals surface area (Å²) in [5, 5.41) is 7.25. The number of benzene rings is 3. The van der Waals surface area contributed by atoms with Crippen LogP contribution in [-0.2, 0) is 4.79 Å². The number of amides is 3. The number of hydrogen-bond acceptors (Lipinski definition) is 7. The van der Waals surface area contributed by atoms with Crippen LogP contribution in [0.3, 0.4) is 0 Å². The van der Waals surface area contributed by atoms with E-state index in [0.717, 1.165) is 17.3 Å². The molecule has 0 saturated carbocycles. The molecule has 0 spiro atoms. The molecule has 1 fully saturated rings. The molecule has 0 radical (unpaired) electrons. The van der Waals surface area contributed by atoms with Crippen molar-refractivity contribution in [2.45, 2.75) is 13.3 Å². The Morgan fingerprint density at radius 1 is 1.10 bits per heavy atom. The minimum absolute atomic E-state index is 0.138. The number of aromatic nitrogens is 3. The van der Waals surface area contributed by atoms with Crippen LogP contribution in [0.1, 0.15) is 5.56 Å². The highest BCUT2D eigenvalue weighted by atomic mass is 32.2. The second kappa shape index (κ2) is 10.7. The Kier molecular flexibility index (Phi) is 7.17. The fourth-order valence-corrected chi connectivity index (χ4v) is 4.65. The van der Waals surface area contributed by atoms with Crippen LogP contribution in [0.5, 0.6) is 5.75 Å². The van der Waals surface area contributed by atoms with Gasteiger partial charge in [-0.3, -0.25) is 9.69 Å². The molecular formula is C26H20F3N7O3S. The molecule has 204 valence electrons. The number of carbonyl (C=O) groups is 2. The van der Waals surface area contributed by atoms with E-state index in [1.165, 1.54) is 40.2 Å². The fourth-order valence-electron chi connectivity index (χ4n) is 3.79. The average Bonchev–Trinajstić information content (AvgIpc) is 3.53. The third kappa shape index (κ3) is 6.07. The Bertz CT molecular complexity index is 1600. The lowest BCUT2D eigenvalue weighted by atomic mass is 10.2. The van der Waals surface area contributed by atoms with Gasteiger partial charge < -0.3 is 15.8 Å². The maximum atomic E-state index is 12.6. The van der Waals surface area contributed by atoms with Crippen LogP contribution in [0.25, 0.3) is 17.1 Å². The summed E-state index contributed by atoms with van der Waals surface area (Å²) in [5.41, 5.74) is 9.41. The SMILES string of the molecule is Cc1ccc(N)c(N2C(=O)CSC2=NC(=O)Nc2ccc(-c3ncn(-c4ccc(OC(F)(F)F)cc4)n3)cc2)c1. The number of halogens is 3. The Balaban J connectivity index is 1.26. The zero-order valence-electron chi connectivity index (χ0n) is 20.7. The highest BCUT2D eigenvalue weighted by molar-refractivity contribution is 8.15. The lowest BCUT2D eigenvalue weighted by Crippen LogP contribution is -2.31. The van der Waals surface area contributed by atoms with E-state index in [-0.39, 0.29) is 22.6 Å². The third-order valence-corrected chi connectivity index (χ3v) is 6.53. The van der Waals surface area contributed by atoms with Crippen molar-refractivity contribution in [3.8, 4) is 22.8 Å². The first kappa shape index (κ1) is 26.7. The number of ether oxygens (including phenoxy) is 1. The van der Waals surface area contributed by atoms with E-state index in [0.29, 0.717) is 34.1 Å². The maximum absolute atomic E-state index is 12.6. The highest BCUT2D eigenvalue weighted by Crippen LogP contribution is 2.32. The molecule has 5 rings (SSSR count). The summed E-state index contributed by atoms with van der Waals surface area (Å²) in [6, 6.07) is 16.5. The molecule has 10 nitrogen and oxygen atoms in total. The lowest BCUT2D eigenvalue weighted by molar-refractivity contribution is -0.274. The number of rotatable bonds is 5. The molecule has 3 aromatic carbocycles. The number of aliphatic imine (C=N–C) groups is 1. The van der Waals surface area contributed by atoms with Gasteiger partial charge in [0, 0.05) is 11.3 Å². The molecule has 4 aromatic rings. The zero-order valence-corrected chi connectivity index (χ0v) is 21.5. The van der Waals surface area contributed by atoms with E-state index in [4.69, 9.17) is 5.73 Å². The second-order valence-electron chi connectivity index (χ2n) is 8.54. The van der Waals surface area contributed by atoms with Crippen LogP contribution in [-0.4, -0.2) is 44.0 Å². The average molecular weight is 568 g/mol. The zero-order chi connectivity index (χ0) is 28.4. The van der Waals surface area contributed by atoms with Crippen molar-refractivity contribution in [2.24, 2.45) is 4.99 Å². The van der Waals surface area contributed by atoms with Crippen molar-refractivity contribution in [2.75, 3.05) is 21.7 Å². The molecule has 0 atom stereocenters. The summed E-state index contributed by atoms with van der Waals surface area (Å²) in [7, 11) is 0. The van der Waals surface area contributed by atoms with Gasteiger partial charge in [0.05, 0.1) is 22.8 Å². The molecule has 1 aromatic heterocycles. The van der Waals surface area contributed by atoms with E-state index in [9.17, 15) is 22.8 Å². The Morgan fingerprint density at radius 3 is 2.52 bits per heavy atom. The Labute approximate surface area is 229 Å². The van der Waals surface area contributed by atoms with E-state index in [2.05, 4.69) is 25.1 Å². The summed E-state index contributed by atoms with van der Waals surface area (Å²) in [4.78, 5) is 34.8. The number of nitrogen functional groups attached to an aromatic ring is 1. The van der Waals surface area contributed by atoms with Crippen molar-refractivity contribution < 1.29 is 27.5 Å². The van der Waals surface area contributed by atoms with E-state index >= 15 is 0 Å². The van der Waals surface area contributed by atoms with Crippen LogP contribution >= 0.6 is 11.8 Å². The molecule has 0 aliphatic carbocycles. The highest BCUT2D eigenvalue weighted by Gasteiger charge is 2.32. The first-order valence-corrected chi connectivity index (χ1v) is 12.6. The van der Waals surface area contributed by atoms with Crippen molar-refractivity contribution in [3.63, 3.8) is 0 Å². The Morgan fingerprint density at radius 2 is 1.82 bits per heavy atom. The van der Waals surface area contributed by atoms with Crippen LogP contribution in [0.2, 0.25) is 0 Å². The molecular weight excluding hydrogens is 547 g/mol. The number of nitrogens with one attached hydrogen (secondary N) is 1. The van der Waals surface area contributed by atoms with Gasteiger partial charge in [-0.05, 0) is 73.2 Å². The van der Waals surface area contributed by atoms with Gasteiger partial charge in [0.25, 0.3) is 0 Å². The van der Waals surface area contributed by atoms with Gasteiger partial charge >= 0.3 is 12.4 Å². The summed E-state index contributed by atoms with van der Waals surface area (Å²) < 4.78 is 42.4. The van der Waals surface area contributed by atoms with Crippen molar-refractivity contribution >= 4 is 45.9 Å². The fraction of sp³-hybridized carbons (Fsp3) is 0.115. The number of nitrogens with two attached hydrogens (primary N) is 1. The minimum Gasteiger partial charge on any atom is -0.406 e. The number of thioether (sulfide) groups is 1. The number of anilines is 3. The molecule has 1 saturated heterocycles. The first-order chi connectivity index (χ1) is 19.1. The van der Waals surface area contributed by atoms with E-state index in [1.54, 1.807) is 36.4 Å². The van der Waals surface area contributed by atoms with Gasteiger partial charge in [0.1, 0.15) is 12.1 Å². The third-order valence-electron chi connectivity index (χ3n) is 5.61. The maximum Gasteiger partial charge on any atom is 0.573 e. The number of alkyl halides is 3. The molecule has 3 amide bonds. The van der Waals surface area contributed by atoms with Gasteiger partial charge in [-0.1, -0.05) is 17.8 Å². The number of aryl methyl sites for hydroxylation is 1. The monoisotopic (exact) mass is 567 g/mol. The summed E-state index contributed by atoms with van der Waals surface area (Å²) in [6.07, 6.45) is -3.35. The number of carbonyl (C=O) groups excluding carboxylic acids is 2. The second-order valence-corrected chi connectivity index (χ2v) is 9.48. The quantitative estimate of drug-likeness (QED) is 0.310. The normalized spacial score (nSPS) is 14.6. The molecule has 40 heavy (non-hydrogen) atoms. The topological polar surface area (TPSA) is 128 Å². The lowest BCUT2D eigenvalue weighted by Gasteiger charge is -2.18. The summed E-state index contributed by atoms with van der Waals surface area (Å²) in [6.45, 7) is 1.87. The number of amidine groups is 1. The van der Waals surface area contributed by atoms with E-state index < -0.39 is 12.4 Å².